The van der Waals surface area contributed by atoms with Gasteiger partial charge >= 0.3 is 0 Å². The van der Waals surface area contributed by atoms with Crippen LogP contribution in [0.2, 0.25) is 0 Å². The van der Waals surface area contributed by atoms with Crippen LogP contribution in [0.25, 0.3) is 22.0 Å². The lowest BCUT2D eigenvalue weighted by molar-refractivity contribution is -0.115. The summed E-state index contributed by atoms with van der Waals surface area (Å²) in [4.78, 5) is 16.9. The molecule has 4 aromatic rings. The number of aromatic nitrogens is 1. The third kappa shape index (κ3) is 3.83. The number of anilines is 1. The fourth-order valence-electron chi connectivity index (χ4n) is 3.00. The number of carbonyl (C=O) groups excluding carboxylic acids is 1. The maximum absolute atomic E-state index is 12.3. The van der Waals surface area contributed by atoms with E-state index in [1.165, 1.54) is 16.7 Å². The first-order valence-electron chi connectivity index (χ1n) is 8.59. The lowest BCUT2D eigenvalue weighted by atomic mass is 10.0. The topological polar surface area (TPSA) is 51.2 Å². The van der Waals surface area contributed by atoms with Crippen LogP contribution in [-0.4, -0.2) is 18.0 Å². The highest BCUT2D eigenvalue weighted by Crippen LogP contribution is 2.31. The first kappa shape index (κ1) is 17.2. The number of carbonyl (C=O) groups is 1. The van der Waals surface area contributed by atoms with E-state index in [1.54, 1.807) is 7.11 Å². The minimum atomic E-state index is -0.0843. The summed E-state index contributed by atoms with van der Waals surface area (Å²) in [5.41, 5.74) is 2.87. The van der Waals surface area contributed by atoms with Gasteiger partial charge in [0.1, 0.15) is 5.75 Å². The van der Waals surface area contributed by atoms with Crippen LogP contribution in [0.3, 0.4) is 0 Å². The first-order valence-corrected chi connectivity index (χ1v) is 9.47. The number of methoxy groups -OCH3 is 1. The Kier molecular flexibility index (Phi) is 4.85. The van der Waals surface area contributed by atoms with Crippen molar-refractivity contribution >= 4 is 33.1 Å². The first-order chi connectivity index (χ1) is 13.2. The van der Waals surface area contributed by atoms with E-state index in [1.807, 2.05) is 47.8 Å². The van der Waals surface area contributed by atoms with Crippen molar-refractivity contribution in [1.29, 1.82) is 0 Å². The van der Waals surface area contributed by atoms with Crippen molar-refractivity contribution in [3.63, 3.8) is 0 Å². The molecule has 0 bridgehead atoms. The van der Waals surface area contributed by atoms with E-state index in [0.29, 0.717) is 11.6 Å². The third-order valence-electron chi connectivity index (χ3n) is 4.34. The standard InChI is InChI=1S/C22H18N2O2S/c1-26-17-11-9-15(10-12-17)13-21(25)24-22-23-20(14-27-22)19-8-4-6-16-5-2-3-7-18(16)19/h2-12,14H,13H2,1H3,(H,23,24,25). The number of fused-ring (bicyclic) bond motifs is 1. The summed E-state index contributed by atoms with van der Waals surface area (Å²) in [5.74, 6) is 0.692. The molecule has 0 aliphatic heterocycles. The molecule has 1 heterocycles. The predicted octanol–water partition coefficient (Wildman–Crippen LogP) is 5.15. The zero-order valence-electron chi connectivity index (χ0n) is 14.8. The van der Waals surface area contributed by atoms with Crippen LogP contribution in [0.15, 0.2) is 72.1 Å². The minimum Gasteiger partial charge on any atom is -0.497 e. The molecule has 0 aliphatic carbocycles. The van der Waals surface area contributed by atoms with E-state index in [0.717, 1.165) is 28.0 Å². The summed E-state index contributed by atoms with van der Waals surface area (Å²) in [7, 11) is 1.62. The maximum atomic E-state index is 12.3. The van der Waals surface area contributed by atoms with Gasteiger partial charge < -0.3 is 10.1 Å². The molecular weight excluding hydrogens is 356 g/mol. The highest BCUT2D eigenvalue weighted by molar-refractivity contribution is 7.14. The number of nitrogens with one attached hydrogen (secondary N) is 1. The monoisotopic (exact) mass is 374 g/mol. The molecule has 5 heteroatoms. The molecule has 0 radical (unpaired) electrons. The summed E-state index contributed by atoms with van der Waals surface area (Å²) < 4.78 is 5.14. The van der Waals surface area contributed by atoms with Crippen LogP contribution in [0.4, 0.5) is 5.13 Å². The highest BCUT2D eigenvalue weighted by Gasteiger charge is 2.11. The zero-order chi connectivity index (χ0) is 18.6. The maximum Gasteiger partial charge on any atom is 0.230 e. The zero-order valence-corrected chi connectivity index (χ0v) is 15.6. The average molecular weight is 374 g/mol. The second-order valence-electron chi connectivity index (χ2n) is 6.14. The van der Waals surface area contributed by atoms with Gasteiger partial charge in [-0.1, -0.05) is 54.6 Å². The fourth-order valence-corrected chi connectivity index (χ4v) is 3.72. The van der Waals surface area contributed by atoms with E-state index < -0.39 is 0 Å². The van der Waals surface area contributed by atoms with Crippen molar-refractivity contribution in [2.75, 3.05) is 12.4 Å². The van der Waals surface area contributed by atoms with Crippen LogP contribution in [-0.2, 0) is 11.2 Å². The van der Waals surface area contributed by atoms with Gasteiger partial charge in [0, 0.05) is 10.9 Å². The molecule has 0 fully saturated rings. The lowest BCUT2D eigenvalue weighted by Gasteiger charge is -2.04. The van der Waals surface area contributed by atoms with Gasteiger partial charge in [-0.2, -0.15) is 0 Å². The number of hydrogen-bond donors (Lipinski definition) is 1. The van der Waals surface area contributed by atoms with Crippen molar-refractivity contribution in [1.82, 2.24) is 4.98 Å². The number of nitrogens with zero attached hydrogens (tertiary/aromatic N) is 1. The molecule has 1 N–H and O–H groups in total. The smallest absolute Gasteiger partial charge is 0.230 e. The van der Waals surface area contributed by atoms with Crippen molar-refractivity contribution in [3.05, 3.63) is 77.7 Å². The van der Waals surface area contributed by atoms with Crippen molar-refractivity contribution in [2.24, 2.45) is 0 Å². The van der Waals surface area contributed by atoms with Crippen molar-refractivity contribution in [2.45, 2.75) is 6.42 Å². The number of rotatable bonds is 5. The van der Waals surface area contributed by atoms with Crippen molar-refractivity contribution < 1.29 is 9.53 Å². The molecule has 0 aliphatic rings. The van der Waals surface area contributed by atoms with E-state index in [-0.39, 0.29) is 5.91 Å². The molecule has 134 valence electrons. The van der Waals surface area contributed by atoms with Crippen LogP contribution >= 0.6 is 11.3 Å². The summed E-state index contributed by atoms with van der Waals surface area (Å²) in [6.07, 6.45) is 0.299. The van der Waals surface area contributed by atoms with Crippen LogP contribution < -0.4 is 10.1 Å². The molecule has 1 amide bonds. The van der Waals surface area contributed by atoms with Gasteiger partial charge in [-0.05, 0) is 28.5 Å². The van der Waals surface area contributed by atoms with Crippen LogP contribution in [0.5, 0.6) is 5.75 Å². The van der Waals surface area contributed by atoms with E-state index in [9.17, 15) is 4.79 Å². The Morgan fingerprint density at radius 3 is 2.63 bits per heavy atom. The summed E-state index contributed by atoms with van der Waals surface area (Å²) in [6.45, 7) is 0. The third-order valence-corrected chi connectivity index (χ3v) is 5.10. The van der Waals surface area contributed by atoms with Gasteiger partial charge in [0.15, 0.2) is 5.13 Å². The van der Waals surface area contributed by atoms with E-state index in [4.69, 9.17) is 4.74 Å². The molecule has 0 atom stereocenters. The molecule has 0 spiro atoms. The largest absolute Gasteiger partial charge is 0.497 e. The van der Waals surface area contributed by atoms with Crippen molar-refractivity contribution in [3.8, 4) is 17.0 Å². The quantitative estimate of drug-likeness (QED) is 0.525. The van der Waals surface area contributed by atoms with Crippen LogP contribution in [0.1, 0.15) is 5.56 Å². The lowest BCUT2D eigenvalue weighted by Crippen LogP contribution is -2.14. The molecule has 0 saturated heterocycles. The Balaban J connectivity index is 1.49. The molecule has 0 saturated carbocycles. The molecule has 0 unspecified atom stereocenters. The number of thiazole rings is 1. The highest BCUT2D eigenvalue weighted by atomic mass is 32.1. The Morgan fingerprint density at radius 2 is 1.81 bits per heavy atom. The van der Waals surface area contributed by atoms with Gasteiger partial charge in [-0.3, -0.25) is 4.79 Å². The Hall–Kier alpha value is -3.18. The summed E-state index contributed by atoms with van der Waals surface area (Å²) in [5, 5.41) is 7.81. The molecule has 4 rings (SSSR count). The summed E-state index contributed by atoms with van der Waals surface area (Å²) >= 11 is 1.43. The molecule has 3 aromatic carbocycles. The van der Waals surface area contributed by atoms with E-state index >= 15 is 0 Å². The molecule has 27 heavy (non-hydrogen) atoms. The number of ether oxygens (including phenoxy) is 1. The molecule has 4 nitrogen and oxygen atoms in total. The Morgan fingerprint density at radius 1 is 1.04 bits per heavy atom. The number of hydrogen-bond acceptors (Lipinski definition) is 4. The van der Waals surface area contributed by atoms with Crippen LogP contribution in [0, 0.1) is 0 Å². The predicted molar refractivity (Wildman–Crippen MR) is 110 cm³/mol. The second-order valence-corrected chi connectivity index (χ2v) is 7.00. The minimum absolute atomic E-state index is 0.0843. The van der Waals surface area contributed by atoms with Gasteiger partial charge in [0.2, 0.25) is 5.91 Å². The van der Waals surface area contributed by atoms with E-state index in [2.05, 4.69) is 34.6 Å². The Labute approximate surface area is 161 Å². The van der Waals surface area contributed by atoms with Gasteiger partial charge in [0.05, 0.1) is 19.2 Å². The number of amides is 1. The average Bonchev–Trinajstić information content (AvgIpc) is 3.16. The van der Waals surface area contributed by atoms with Gasteiger partial charge in [-0.15, -0.1) is 11.3 Å². The van der Waals surface area contributed by atoms with Gasteiger partial charge in [-0.25, -0.2) is 4.98 Å². The molecular formula is C22H18N2O2S. The normalized spacial score (nSPS) is 10.7. The fraction of sp³-hybridized carbons (Fsp3) is 0.0909. The second kappa shape index (κ2) is 7.60. The number of benzene rings is 3. The van der Waals surface area contributed by atoms with Gasteiger partial charge in [0.25, 0.3) is 0 Å². The SMILES string of the molecule is COc1ccc(CC(=O)Nc2nc(-c3cccc4ccccc34)cs2)cc1. The Bertz CT molecular complexity index is 1080. The summed E-state index contributed by atoms with van der Waals surface area (Å²) in [6, 6.07) is 21.9. The molecule has 1 aromatic heterocycles.